The number of halogens is 1. The first kappa shape index (κ1) is 13.1. The SMILES string of the molecule is CCCn1ncc(Br)c1C(O)(COC)C1CC1. The zero-order valence-electron chi connectivity index (χ0n) is 10.3. The molecule has 0 radical (unpaired) electrons. The number of methoxy groups -OCH3 is 1. The summed E-state index contributed by atoms with van der Waals surface area (Å²) in [6.07, 6.45) is 4.87. The second-order valence-electron chi connectivity index (χ2n) is 4.70. The van der Waals surface area contributed by atoms with E-state index in [9.17, 15) is 5.11 Å². The Kier molecular flexibility index (Phi) is 3.90. The third-order valence-corrected chi connectivity index (χ3v) is 3.84. The molecule has 1 aromatic heterocycles. The van der Waals surface area contributed by atoms with Crippen molar-refractivity contribution in [2.45, 2.75) is 38.3 Å². The number of ether oxygens (including phenoxy) is 1. The van der Waals surface area contributed by atoms with E-state index in [1.54, 1.807) is 13.3 Å². The van der Waals surface area contributed by atoms with Crippen LogP contribution in [0.15, 0.2) is 10.7 Å². The predicted molar refractivity (Wildman–Crippen MR) is 68.7 cm³/mol. The molecule has 1 N–H and O–H groups in total. The van der Waals surface area contributed by atoms with E-state index in [0.717, 1.165) is 36.0 Å². The fourth-order valence-corrected chi connectivity index (χ4v) is 2.97. The van der Waals surface area contributed by atoms with Crippen molar-refractivity contribution in [3.05, 3.63) is 16.4 Å². The molecule has 17 heavy (non-hydrogen) atoms. The van der Waals surface area contributed by atoms with Crippen LogP contribution in [0.3, 0.4) is 0 Å². The van der Waals surface area contributed by atoms with Crippen LogP contribution in [0, 0.1) is 5.92 Å². The van der Waals surface area contributed by atoms with Gasteiger partial charge >= 0.3 is 0 Å². The molecule has 2 rings (SSSR count). The van der Waals surface area contributed by atoms with Crippen LogP contribution in [-0.2, 0) is 16.9 Å². The van der Waals surface area contributed by atoms with Gasteiger partial charge in [0.15, 0.2) is 0 Å². The third kappa shape index (κ3) is 2.41. The van der Waals surface area contributed by atoms with Crippen LogP contribution < -0.4 is 0 Å². The van der Waals surface area contributed by atoms with Gasteiger partial charge in [-0.15, -0.1) is 0 Å². The van der Waals surface area contributed by atoms with Gasteiger partial charge in [-0.2, -0.15) is 5.10 Å². The molecule has 1 aliphatic rings. The molecule has 4 nitrogen and oxygen atoms in total. The molecule has 0 aliphatic heterocycles. The number of nitrogens with zero attached hydrogens (tertiary/aromatic N) is 2. The zero-order valence-corrected chi connectivity index (χ0v) is 11.9. The summed E-state index contributed by atoms with van der Waals surface area (Å²) in [6, 6.07) is 0. The maximum Gasteiger partial charge on any atom is 0.133 e. The van der Waals surface area contributed by atoms with E-state index in [-0.39, 0.29) is 0 Å². The number of hydrogen-bond acceptors (Lipinski definition) is 3. The van der Waals surface area contributed by atoms with Gasteiger partial charge in [0.05, 0.1) is 23.0 Å². The molecule has 5 heteroatoms. The van der Waals surface area contributed by atoms with Gasteiger partial charge in [-0.1, -0.05) is 6.92 Å². The highest BCUT2D eigenvalue weighted by Gasteiger charge is 2.48. The molecule has 0 bridgehead atoms. The Bertz CT molecular complexity index is 390. The van der Waals surface area contributed by atoms with E-state index < -0.39 is 5.60 Å². The van der Waals surface area contributed by atoms with Gasteiger partial charge in [-0.05, 0) is 41.1 Å². The summed E-state index contributed by atoms with van der Waals surface area (Å²) < 4.78 is 7.97. The molecule has 0 aromatic carbocycles. The van der Waals surface area contributed by atoms with Crippen molar-refractivity contribution in [2.24, 2.45) is 5.92 Å². The largest absolute Gasteiger partial charge is 0.381 e. The standard InChI is InChI=1S/C12H19BrN2O2/c1-3-6-15-11(10(13)7-14-15)12(16,8-17-2)9-4-5-9/h7,9,16H,3-6,8H2,1-2H3. The van der Waals surface area contributed by atoms with Gasteiger partial charge in [0.25, 0.3) is 0 Å². The average Bonchev–Trinajstić information content (AvgIpc) is 3.06. The zero-order chi connectivity index (χ0) is 12.5. The molecule has 1 heterocycles. The Balaban J connectivity index is 2.37. The first-order valence-electron chi connectivity index (χ1n) is 6.06. The van der Waals surface area contributed by atoms with E-state index in [4.69, 9.17) is 4.74 Å². The molecule has 1 aliphatic carbocycles. The first-order valence-corrected chi connectivity index (χ1v) is 6.86. The van der Waals surface area contributed by atoms with E-state index in [2.05, 4.69) is 28.0 Å². The molecule has 1 aromatic rings. The van der Waals surface area contributed by atoms with Crippen molar-refractivity contribution in [2.75, 3.05) is 13.7 Å². The molecule has 96 valence electrons. The molecule has 1 unspecified atom stereocenters. The summed E-state index contributed by atoms with van der Waals surface area (Å²) in [6.45, 7) is 3.25. The Morgan fingerprint density at radius 2 is 2.35 bits per heavy atom. The lowest BCUT2D eigenvalue weighted by atomic mass is 9.94. The van der Waals surface area contributed by atoms with E-state index in [0.29, 0.717) is 12.5 Å². The Morgan fingerprint density at radius 1 is 1.65 bits per heavy atom. The van der Waals surface area contributed by atoms with Crippen LogP contribution >= 0.6 is 15.9 Å². The molecule has 0 amide bonds. The minimum Gasteiger partial charge on any atom is -0.381 e. The van der Waals surface area contributed by atoms with Crippen molar-refractivity contribution in [1.29, 1.82) is 0 Å². The maximum atomic E-state index is 10.9. The lowest BCUT2D eigenvalue weighted by molar-refractivity contribution is -0.0600. The minimum atomic E-state index is -0.904. The summed E-state index contributed by atoms with van der Waals surface area (Å²) in [7, 11) is 1.63. The van der Waals surface area contributed by atoms with Gasteiger partial charge < -0.3 is 9.84 Å². The maximum absolute atomic E-state index is 10.9. The Morgan fingerprint density at radius 3 is 2.88 bits per heavy atom. The van der Waals surface area contributed by atoms with Crippen LogP contribution in [0.2, 0.25) is 0 Å². The predicted octanol–water partition coefficient (Wildman–Crippen LogP) is 2.30. The highest BCUT2D eigenvalue weighted by atomic mass is 79.9. The summed E-state index contributed by atoms with van der Waals surface area (Å²) in [4.78, 5) is 0. The first-order chi connectivity index (χ1) is 8.13. The van der Waals surface area contributed by atoms with Crippen LogP contribution in [0.4, 0.5) is 0 Å². The lowest BCUT2D eigenvalue weighted by Gasteiger charge is -2.28. The fourth-order valence-electron chi connectivity index (χ4n) is 2.33. The van der Waals surface area contributed by atoms with Crippen LogP contribution in [0.1, 0.15) is 31.9 Å². The smallest absolute Gasteiger partial charge is 0.133 e. The van der Waals surface area contributed by atoms with Crippen LogP contribution in [0.5, 0.6) is 0 Å². The van der Waals surface area contributed by atoms with Crippen molar-refractivity contribution < 1.29 is 9.84 Å². The Hall–Kier alpha value is -0.390. The van der Waals surface area contributed by atoms with Crippen molar-refractivity contribution in [3.63, 3.8) is 0 Å². The van der Waals surface area contributed by atoms with Crippen LogP contribution in [-0.4, -0.2) is 28.6 Å². The summed E-state index contributed by atoms with van der Waals surface area (Å²) in [5.74, 6) is 0.297. The molecular weight excluding hydrogens is 284 g/mol. The topological polar surface area (TPSA) is 47.3 Å². The number of aliphatic hydroxyl groups is 1. The molecule has 1 atom stereocenters. The fraction of sp³-hybridized carbons (Fsp3) is 0.750. The molecule has 0 spiro atoms. The van der Waals surface area contributed by atoms with E-state index in [1.165, 1.54) is 0 Å². The van der Waals surface area contributed by atoms with E-state index in [1.807, 2.05) is 4.68 Å². The summed E-state index contributed by atoms with van der Waals surface area (Å²) in [5, 5.41) is 15.2. The second-order valence-corrected chi connectivity index (χ2v) is 5.55. The van der Waals surface area contributed by atoms with E-state index >= 15 is 0 Å². The van der Waals surface area contributed by atoms with Crippen molar-refractivity contribution >= 4 is 15.9 Å². The van der Waals surface area contributed by atoms with Gasteiger partial charge in [-0.25, -0.2) is 0 Å². The highest BCUT2D eigenvalue weighted by molar-refractivity contribution is 9.10. The number of aryl methyl sites for hydroxylation is 1. The molecule has 0 saturated heterocycles. The van der Waals surface area contributed by atoms with Gasteiger partial charge in [0.1, 0.15) is 5.60 Å². The van der Waals surface area contributed by atoms with Crippen molar-refractivity contribution in [1.82, 2.24) is 9.78 Å². The quantitative estimate of drug-likeness (QED) is 0.877. The minimum absolute atomic E-state index is 0.297. The van der Waals surface area contributed by atoms with Crippen molar-refractivity contribution in [3.8, 4) is 0 Å². The lowest BCUT2D eigenvalue weighted by Crippen LogP contribution is -2.36. The molecule has 1 fully saturated rings. The normalized spacial score (nSPS) is 19.3. The summed E-state index contributed by atoms with van der Waals surface area (Å²) >= 11 is 3.49. The average molecular weight is 303 g/mol. The second kappa shape index (κ2) is 5.08. The third-order valence-electron chi connectivity index (χ3n) is 3.26. The van der Waals surface area contributed by atoms with Gasteiger partial charge in [-0.3, -0.25) is 4.68 Å². The van der Waals surface area contributed by atoms with Crippen LogP contribution in [0.25, 0.3) is 0 Å². The number of hydrogen-bond donors (Lipinski definition) is 1. The number of rotatable bonds is 6. The monoisotopic (exact) mass is 302 g/mol. The number of aromatic nitrogens is 2. The van der Waals surface area contributed by atoms with Gasteiger partial charge in [0, 0.05) is 13.7 Å². The Labute approximate surface area is 110 Å². The highest BCUT2D eigenvalue weighted by Crippen LogP contribution is 2.47. The van der Waals surface area contributed by atoms with Gasteiger partial charge in [0.2, 0.25) is 0 Å². The molecular formula is C12H19BrN2O2. The summed E-state index contributed by atoms with van der Waals surface area (Å²) in [5.41, 5.74) is -0.0390. The molecule has 1 saturated carbocycles.